The van der Waals surface area contributed by atoms with Crippen LogP contribution in [0.2, 0.25) is 0 Å². The minimum absolute atomic E-state index is 0. The van der Waals surface area contributed by atoms with E-state index >= 15 is 0 Å². The first-order valence-electron chi connectivity index (χ1n) is 8.50. The van der Waals surface area contributed by atoms with Crippen LogP contribution < -0.4 is 32.9 Å². The molecule has 0 saturated heterocycles. The lowest BCUT2D eigenvalue weighted by Crippen LogP contribution is -3.00. The number of hydrogen-bond donors (Lipinski definition) is 1. The van der Waals surface area contributed by atoms with E-state index in [0.717, 1.165) is 6.16 Å². The molecule has 0 unspecified atom stereocenters. The Kier molecular flexibility index (Phi) is 7.56. The van der Waals surface area contributed by atoms with E-state index in [-0.39, 0.29) is 23.4 Å². The summed E-state index contributed by atoms with van der Waals surface area (Å²) in [5.74, 6) is -0.729. The summed E-state index contributed by atoms with van der Waals surface area (Å²) < 4.78 is 0. The Morgan fingerprint density at radius 2 is 1.04 bits per heavy atom. The van der Waals surface area contributed by atoms with Crippen molar-refractivity contribution < 1.29 is 26.9 Å². The number of halogens is 1. The second-order valence-corrected chi connectivity index (χ2v) is 9.65. The number of carboxylic acid groups (broad SMARTS) is 1. The molecule has 3 aromatic carbocycles. The molecule has 3 aromatic rings. The van der Waals surface area contributed by atoms with Crippen molar-refractivity contribution in [3.63, 3.8) is 0 Å². The van der Waals surface area contributed by atoms with Gasteiger partial charge in [-0.15, -0.1) is 0 Å². The highest BCUT2D eigenvalue weighted by molar-refractivity contribution is 7.95. The van der Waals surface area contributed by atoms with Crippen LogP contribution in [0.5, 0.6) is 0 Å². The van der Waals surface area contributed by atoms with E-state index in [1.54, 1.807) is 0 Å². The maximum absolute atomic E-state index is 11.1. The Labute approximate surface area is 166 Å². The monoisotopic (exact) mass is 428 g/mol. The van der Waals surface area contributed by atoms with Gasteiger partial charge in [-0.1, -0.05) is 54.6 Å². The van der Waals surface area contributed by atoms with Crippen LogP contribution in [0.15, 0.2) is 91.0 Å². The molecule has 0 aliphatic heterocycles. The first-order chi connectivity index (χ1) is 12.2. The number of benzene rings is 3. The summed E-state index contributed by atoms with van der Waals surface area (Å²) >= 11 is 0. The number of hydrogen-bond acceptors (Lipinski definition) is 1. The SMILES string of the molecule is O=C(O)CCC[P+](c1ccccc1)(c1ccccc1)c1ccccc1.[Br-]. The fourth-order valence-corrected chi connectivity index (χ4v) is 7.69. The van der Waals surface area contributed by atoms with Gasteiger partial charge in [-0.3, -0.25) is 4.79 Å². The summed E-state index contributed by atoms with van der Waals surface area (Å²) in [5, 5.41) is 13.0. The number of rotatable bonds is 7. The topological polar surface area (TPSA) is 37.3 Å². The van der Waals surface area contributed by atoms with Gasteiger partial charge in [0, 0.05) is 6.42 Å². The highest BCUT2D eigenvalue weighted by atomic mass is 79.9. The molecule has 0 saturated carbocycles. The number of carboxylic acids is 1. The molecule has 0 bridgehead atoms. The number of aliphatic carboxylic acids is 1. The third-order valence-electron chi connectivity index (χ3n) is 4.48. The van der Waals surface area contributed by atoms with Crippen LogP contribution in [0, 0.1) is 0 Å². The summed E-state index contributed by atoms with van der Waals surface area (Å²) in [6.45, 7) is 0. The largest absolute Gasteiger partial charge is 1.00 e. The minimum Gasteiger partial charge on any atom is -1.00 e. The Morgan fingerprint density at radius 3 is 1.35 bits per heavy atom. The molecule has 0 aromatic heterocycles. The van der Waals surface area contributed by atoms with Crippen LogP contribution in [0.25, 0.3) is 0 Å². The Hall–Kier alpha value is -1.96. The Morgan fingerprint density at radius 1 is 0.692 bits per heavy atom. The Bertz CT molecular complexity index is 711. The highest BCUT2D eigenvalue weighted by Crippen LogP contribution is 2.55. The third-order valence-corrected chi connectivity index (χ3v) is 9.00. The van der Waals surface area contributed by atoms with E-state index < -0.39 is 13.2 Å². The lowest BCUT2D eigenvalue weighted by atomic mass is 10.3. The van der Waals surface area contributed by atoms with Crippen molar-refractivity contribution in [1.82, 2.24) is 0 Å². The normalized spacial score (nSPS) is 10.8. The quantitative estimate of drug-likeness (QED) is 0.566. The van der Waals surface area contributed by atoms with Gasteiger partial charge < -0.3 is 22.1 Å². The fraction of sp³-hybridized carbons (Fsp3) is 0.136. The molecule has 2 nitrogen and oxygen atoms in total. The van der Waals surface area contributed by atoms with Gasteiger partial charge in [0.25, 0.3) is 0 Å². The van der Waals surface area contributed by atoms with Crippen molar-refractivity contribution >= 4 is 29.1 Å². The summed E-state index contributed by atoms with van der Waals surface area (Å²) in [6, 6.07) is 31.7. The molecule has 0 amide bonds. The standard InChI is InChI=1S/C22H21O2P.BrH/c23-22(24)17-10-18-25(19-11-4-1-5-12-19,20-13-6-2-7-14-20)21-15-8-3-9-16-21;/h1-9,11-16H,10,17-18H2;1H. The van der Waals surface area contributed by atoms with Crippen LogP contribution in [0.3, 0.4) is 0 Å². The van der Waals surface area contributed by atoms with Gasteiger partial charge in [-0.2, -0.15) is 0 Å². The molecule has 0 aliphatic rings. The van der Waals surface area contributed by atoms with E-state index in [9.17, 15) is 4.79 Å². The maximum atomic E-state index is 11.1. The molecule has 0 aliphatic carbocycles. The second-order valence-electron chi connectivity index (χ2n) is 6.04. The van der Waals surface area contributed by atoms with E-state index in [4.69, 9.17) is 5.11 Å². The van der Waals surface area contributed by atoms with Crippen molar-refractivity contribution in [3.8, 4) is 0 Å². The molecular weight excluding hydrogens is 407 g/mol. The van der Waals surface area contributed by atoms with Gasteiger partial charge in [0.1, 0.15) is 23.2 Å². The lowest BCUT2D eigenvalue weighted by Gasteiger charge is -2.27. The van der Waals surface area contributed by atoms with E-state index in [1.807, 2.05) is 18.2 Å². The summed E-state index contributed by atoms with van der Waals surface area (Å²) in [6.07, 6.45) is 1.73. The van der Waals surface area contributed by atoms with Gasteiger partial charge in [0.15, 0.2) is 0 Å². The molecule has 0 heterocycles. The molecule has 4 heteroatoms. The average molecular weight is 429 g/mol. The second kappa shape index (κ2) is 9.66. The number of carbonyl (C=O) groups is 1. The van der Waals surface area contributed by atoms with Gasteiger partial charge in [0.05, 0.1) is 6.16 Å². The van der Waals surface area contributed by atoms with E-state index in [1.165, 1.54) is 15.9 Å². The summed E-state index contributed by atoms with van der Waals surface area (Å²) in [5.41, 5.74) is 0. The highest BCUT2D eigenvalue weighted by Gasteiger charge is 2.44. The van der Waals surface area contributed by atoms with Crippen LogP contribution in [0.4, 0.5) is 0 Å². The van der Waals surface area contributed by atoms with Crippen molar-refractivity contribution in [3.05, 3.63) is 91.0 Å². The van der Waals surface area contributed by atoms with Crippen LogP contribution >= 0.6 is 7.26 Å². The smallest absolute Gasteiger partial charge is 0.303 e. The van der Waals surface area contributed by atoms with E-state index in [0.29, 0.717) is 6.42 Å². The summed E-state index contributed by atoms with van der Waals surface area (Å²) in [4.78, 5) is 11.1. The predicted molar refractivity (Wildman–Crippen MR) is 107 cm³/mol. The molecule has 134 valence electrons. The zero-order chi connectivity index (χ0) is 17.5. The first-order valence-corrected chi connectivity index (χ1v) is 10.5. The van der Waals surface area contributed by atoms with Gasteiger partial charge >= 0.3 is 5.97 Å². The maximum Gasteiger partial charge on any atom is 0.303 e. The minimum atomic E-state index is -1.87. The molecule has 0 radical (unpaired) electrons. The van der Waals surface area contributed by atoms with E-state index in [2.05, 4.69) is 72.8 Å². The zero-order valence-electron chi connectivity index (χ0n) is 14.5. The molecule has 3 rings (SSSR count). The van der Waals surface area contributed by atoms with Crippen LogP contribution in [-0.2, 0) is 4.79 Å². The molecule has 0 atom stereocenters. The van der Waals surface area contributed by atoms with Crippen molar-refractivity contribution in [2.24, 2.45) is 0 Å². The lowest BCUT2D eigenvalue weighted by molar-refractivity contribution is -0.137. The van der Waals surface area contributed by atoms with Crippen molar-refractivity contribution in [2.75, 3.05) is 6.16 Å². The van der Waals surface area contributed by atoms with Crippen molar-refractivity contribution in [1.29, 1.82) is 0 Å². The third kappa shape index (κ3) is 4.41. The Balaban J connectivity index is 0.00000243. The van der Waals surface area contributed by atoms with Gasteiger partial charge in [-0.25, -0.2) is 0 Å². The molecule has 26 heavy (non-hydrogen) atoms. The molecule has 0 fully saturated rings. The van der Waals surface area contributed by atoms with Crippen molar-refractivity contribution in [2.45, 2.75) is 12.8 Å². The zero-order valence-corrected chi connectivity index (χ0v) is 16.9. The van der Waals surface area contributed by atoms with Crippen LogP contribution in [-0.4, -0.2) is 17.2 Å². The first kappa shape index (κ1) is 20.4. The molecular formula is C22H22BrO2P. The van der Waals surface area contributed by atoms with Gasteiger partial charge in [-0.05, 0) is 42.8 Å². The van der Waals surface area contributed by atoms with Gasteiger partial charge in [0.2, 0.25) is 0 Å². The predicted octanol–water partition coefficient (Wildman–Crippen LogP) is 0.849. The average Bonchev–Trinajstić information content (AvgIpc) is 2.67. The molecule has 0 spiro atoms. The van der Waals surface area contributed by atoms with Crippen LogP contribution in [0.1, 0.15) is 12.8 Å². The molecule has 1 N–H and O–H groups in total. The fourth-order valence-electron chi connectivity index (χ4n) is 3.35. The summed E-state index contributed by atoms with van der Waals surface area (Å²) in [7, 11) is -1.87.